The zero-order valence-electron chi connectivity index (χ0n) is 14.1. The number of halogens is 2. The molecular formula is C18H23ClFN3O2. The first-order chi connectivity index (χ1) is 12.0. The fourth-order valence-corrected chi connectivity index (χ4v) is 3.77. The highest BCUT2D eigenvalue weighted by molar-refractivity contribution is 6.31. The van der Waals surface area contributed by atoms with Crippen LogP contribution in [0.4, 0.5) is 10.1 Å². The molecule has 25 heavy (non-hydrogen) atoms. The summed E-state index contributed by atoms with van der Waals surface area (Å²) in [6.07, 6.45) is 4.95. The van der Waals surface area contributed by atoms with Crippen molar-refractivity contribution in [3.63, 3.8) is 0 Å². The van der Waals surface area contributed by atoms with Crippen LogP contribution in [0.15, 0.2) is 18.2 Å². The van der Waals surface area contributed by atoms with Crippen LogP contribution in [-0.2, 0) is 9.59 Å². The molecule has 5 nitrogen and oxygen atoms in total. The number of anilines is 1. The number of hydrogen-bond acceptors (Lipinski definition) is 3. The summed E-state index contributed by atoms with van der Waals surface area (Å²) >= 11 is 5.70. The minimum atomic E-state index is -0.515. The number of amides is 2. The third-order valence-corrected chi connectivity index (χ3v) is 5.25. The van der Waals surface area contributed by atoms with Crippen LogP contribution in [0, 0.1) is 5.82 Å². The third-order valence-electron chi connectivity index (χ3n) is 4.96. The summed E-state index contributed by atoms with van der Waals surface area (Å²) in [5.74, 6) is -0.518. The Balaban J connectivity index is 1.43. The minimum absolute atomic E-state index is 0.0218. The molecular weight excluding hydrogens is 345 g/mol. The van der Waals surface area contributed by atoms with Crippen LogP contribution < -0.4 is 5.32 Å². The van der Waals surface area contributed by atoms with Gasteiger partial charge in [-0.15, -0.1) is 0 Å². The number of carbonyl (C=O) groups is 2. The second kappa shape index (κ2) is 8.15. The summed E-state index contributed by atoms with van der Waals surface area (Å²) in [5, 5.41) is 2.68. The van der Waals surface area contributed by atoms with Gasteiger partial charge in [-0.2, -0.15) is 0 Å². The second-order valence-electron chi connectivity index (χ2n) is 6.73. The third kappa shape index (κ3) is 4.70. The van der Waals surface area contributed by atoms with Crippen molar-refractivity contribution in [3.8, 4) is 0 Å². The maximum Gasteiger partial charge on any atom is 0.237 e. The van der Waals surface area contributed by atoms with Gasteiger partial charge in [0, 0.05) is 37.8 Å². The molecule has 0 aromatic heterocycles. The van der Waals surface area contributed by atoms with E-state index in [2.05, 4.69) is 5.32 Å². The van der Waals surface area contributed by atoms with Crippen LogP contribution in [0.3, 0.4) is 0 Å². The molecule has 2 aliphatic rings. The van der Waals surface area contributed by atoms with Crippen molar-refractivity contribution in [2.24, 2.45) is 0 Å². The zero-order chi connectivity index (χ0) is 17.8. The number of piperazine rings is 1. The van der Waals surface area contributed by atoms with Crippen molar-refractivity contribution >= 4 is 29.1 Å². The Kier molecular flexibility index (Phi) is 5.91. The lowest BCUT2D eigenvalue weighted by Gasteiger charge is -2.37. The van der Waals surface area contributed by atoms with Gasteiger partial charge < -0.3 is 10.2 Å². The fraction of sp³-hybridized carbons (Fsp3) is 0.556. The van der Waals surface area contributed by atoms with Gasteiger partial charge in [-0.3, -0.25) is 14.5 Å². The SMILES string of the molecule is O=C(CCN1CCN(C2CCCC2)C(=O)C1)Nc1ccc(F)c(Cl)c1. The minimum Gasteiger partial charge on any atom is -0.337 e. The molecule has 136 valence electrons. The van der Waals surface area contributed by atoms with Crippen LogP contribution in [0.25, 0.3) is 0 Å². The molecule has 1 aromatic carbocycles. The maximum absolute atomic E-state index is 13.1. The van der Waals surface area contributed by atoms with Gasteiger partial charge in [0.05, 0.1) is 11.6 Å². The summed E-state index contributed by atoms with van der Waals surface area (Å²) < 4.78 is 13.1. The van der Waals surface area contributed by atoms with E-state index in [4.69, 9.17) is 11.6 Å². The number of nitrogens with zero attached hydrogens (tertiary/aromatic N) is 2. The molecule has 0 unspecified atom stereocenters. The van der Waals surface area contributed by atoms with Crippen LogP contribution in [-0.4, -0.2) is 53.8 Å². The second-order valence-corrected chi connectivity index (χ2v) is 7.14. The molecule has 1 saturated heterocycles. The fourth-order valence-electron chi connectivity index (χ4n) is 3.59. The zero-order valence-corrected chi connectivity index (χ0v) is 14.9. The average molecular weight is 368 g/mol. The van der Waals surface area contributed by atoms with Gasteiger partial charge in [-0.25, -0.2) is 4.39 Å². The predicted octanol–water partition coefficient (Wildman–Crippen LogP) is 2.89. The van der Waals surface area contributed by atoms with E-state index in [1.165, 1.54) is 31.0 Å². The van der Waals surface area contributed by atoms with Crippen LogP contribution >= 0.6 is 11.6 Å². The van der Waals surface area contributed by atoms with Gasteiger partial charge >= 0.3 is 0 Å². The molecule has 3 rings (SSSR count). The topological polar surface area (TPSA) is 52.7 Å². The Hall–Kier alpha value is -1.66. The van der Waals surface area contributed by atoms with E-state index in [0.29, 0.717) is 24.8 Å². The quantitative estimate of drug-likeness (QED) is 0.870. The first-order valence-corrected chi connectivity index (χ1v) is 9.17. The average Bonchev–Trinajstić information content (AvgIpc) is 3.11. The van der Waals surface area contributed by atoms with Gasteiger partial charge in [0.1, 0.15) is 5.82 Å². The Bertz CT molecular complexity index is 649. The van der Waals surface area contributed by atoms with E-state index in [9.17, 15) is 14.0 Å². The molecule has 0 atom stereocenters. The Morgan fingerprint density at radius 2 is 2.04 bits per heavy atom. The molecule has 0 bridgehead atoms. The lowest BCUT2D eigenvalue weighted by Crippen LogP contribution is -2.53. The summed E-state index contributed by atoms with van der Waals surface area (Å²) in [4.78, 5) is 28.4. The lowest BCUT2D eigenvalue weighted by molar-refractivity contribution is -0.139. The molecule has 1 heterocycles. The Morgan fingerprint density at radius 1 is 1.28 bits per heavy atom. The Morgan fingerprint density at radius 3 is 2.72 bits per heavy atom. The maximum atomic E-state index is 13.1. The number of benzene rings is 1. The predicted molar refractivity (Wildman–Crippen MR) is 95.1 cm³/mol. The van der Waals surface area contributed by atoms with E-state index in [0.717, 1.165) is 25.9 Å². The highest BCUT2D eigenvalue weighted by Crippen LogP contribution is 2.25. The van der Waals surface area contributed by atoms with Crippen molar-refractivity contribution < 1.29 is 14.0 Å². The number of hydrogen-bond donors (Lipinski definition) is 1. The molecule has 1 aliphatic carbocycles. The van der Waals surface area contributed by atoms with E-state index >= 15 is 0 Å². The summed E-state index contributed by atoms with van der Waals surface area (Å²) in [6.45, 7) is 2.47. The largest absolute Gasteiger partial charge is 0.337 e. The van der Waals surface area contributed by atoms with Gasteiger partial charge in [0.15, 0.2) is 0 Å². The molecule has 1 aliphatic heterocycles. The molecule has 0 spiro atoms. The highest BCUT2D eigenvalue weighted by atomic mass is 35.5. The van der Waals surface area contributed by atoms with Crippen molar-refractivity contribution in [3.05, 3.63) is 29.0 Å². The normalized spacial score (nSPS) is 19.4. The van der Waals surface area contributed by atoms with Gasteiger partial charge in [0.2, 0.25) is 11.8 Å². The highest BCUT2D eigenvalue weighted by Gasteiger charge is 2.31. The van der Waals surface area contributed by atoms with Crippen LogP contribution in [0.2, 0.25) is 5.02 Å². The van der Waals surface area contributed by atoms with Crippen molar-refractivity contribution in [2.75, 3.05) is 31.5 Å². The number of carbonyl (C=O) groups excluding carboxylic acids is 2. The number of nitrogens with one attached hydrogen (secondary N) is 1. The van der Waals surface area contributed by atoms with Crippen molar-refractivity contribution in [1.82, 2.24) is 9.80 Å². The molecule has 1 saturated carbocycles. The molecule has 2 amide bonds. The number of rotatable bonds is 5. The Labute approximate surface area is 152 Å². The monoisotopic (exact) mass is 367 g/mol. The molecule has 2 fully saturated rings. The standard InChI is InChI=1S/C18H23ClFN3O2/c19-15-11-13(5-6-16(15)20)21-17(24)7-8-22-9-10-23(18(25)12-22)14-3-1-2-4-14/h5-6,11,14H,1-4,7-10,12H2,(H,21,24). The van der Waals surface area contributed by atoms with E-state index in [-0.39, 0.29) is 23.3 Å². The summed E-state index contributed by atoms with van der Waals surface area (Å²) in [6, 6.07) is 4.50. The summed E-state index contributed by atoms with van der Waals surface area (Å²) in [5.41, 5.74) is 0.471. The molecule has 0 radical (unpaired) electrons. The van der Waals surface area contributed by atoms with Crippen LogP contribution in [0.1, 0.15) is 32.1 Å². The smallest absolute Gasteiger partial charge is 0.237 e. The van der Waals surface area contributed by atoms with Gasteiger partial charge in [0.25, 0.3) is 0 Å². The first-order valence-electron chi connectivity index (χ1n) is 8.79. The van der Waals surface area contributed by atoms with E-state index < -0.39 is 5.82 Å². The van der Waals surface area contributed by atoms with Crippen molar-refractivity contribution in [2.45, 2.75) is 38.1 Å². The van der Waals surface area contributed by atoms with Crippen LogP contribution in [0.5, 0.6) is 0 Å². The van der Waals surface area contributed by atoms with E-state index in [1.807, 2.05) is 9.80 Å². The molecule has 1 aromatic rings. The molecule has 1 N–H and O–H groups in total. The summed E-state index contributed by atoms with van der Waals surface area (Å²) in [7, 11) is 0. The van der Waals surface area contributed by atoms with Crippen molar-refractivity contribution in [1.29, 1.82) is 0 Å². The van der Waals surface area contributed by atoms with E-state index in [1.54, 1.807) is 0 Å². The van der Waals surface area contributed by atoms with Gasteiger partial charge in [-0.05, 0) is 31.0 Å². The molecule has 7 heteroatoms. The lowest BCUT2D eigenvalue weighted by atomic mass is 10.1. The van der Waals surface area contributed by atoms with Gasteiger partial charge in [-0.1, -0.05) is 24.4 Å². The first kappa shape index (κ1) is 18.1.